The van der Waals surface area contributed by atoms with Gasteiger partial charge in [0, 0.05) is 43.5 Å². The van der Waals surface area contributed by atoms with Gasteiger partial charge in [0.15, 0.2) is 5.58 Å². The average Bonchev–Trinajstić information content (AvgIpc) is 3.20. The van der Waals surface area contributed by atoms with Crippen molar-refractivity contribution < 1.29 is 13.6 Å². The minimum Gasteiger partial charge on any atom is -0.460 e. The highest BCUT2D eigenvalue weighted by molar-refractivity contribution is 5.97. The maximum atomic E-state index is 13.6. The van der Waals surface area contributed by atoms with Gasteiger partial charge in [-0.25, -0.2) is 4.39 Å². The van der Waals surface area contributed by atoms with Crippen LogP contribution in [0.1, 0.15) is 27.5 Å². The lowest BCUT2D eigenvalue weighted by molar-refractivity contribution is 0.0945. The van der Waals surface area contributed by atoms with Gasteiger partial charge >= 0.3 is 0 Å². The van der Waals surface area contributed by atoms with Crippen LogP contribution < -0.4 is 5.32 Å². The zero-order valence-corrected chi connectivity index (χ0v) is 15.5. The van der Waals surface area contributed by atoms with Crippen LogP contribution in [0, 0.1) is 12.7 Å². The standard InChI is InChI=1S/C22H20FN3O2/c1-15-11-19-21(28-15)13-20(26(19)14-16-5-4-6-17(23)12-16)22(27)25-10-8-18-7-2-3-9-24-18/h2-7,9,11-13H,8,10,14H2,1H3,(H,25,27). The van der Waals surface area contributed by atoms with Crippen LogP contribution in [0.4, 0.5) is 4.39 Å². The predicted molar refractivity (Wildman–Crippen MR) is 105 cm³/mol. The fourth-order valence-electron chi connectivity index (χ4n) is 3.28. The second-order valence-electron chi connectivity index (χ2n) is 6.68. The van der Waals surface area contributed by atoms with Gasteiger partial charge in [0.05, 0.1) is 5.52 Å². The molecule has 0 aliphatic rings. The largest absolute Gasteiger partial charge is 0.460 e. The van der Waals surface area contributed by atoms with E-state index in [1.807, 2.05) is 41.8 Å². The Balaban J connectivity index is 1.57. The molecule has 0 saturated carbocycles. The fourth-order valence-corrected chi connectivity index (χ4v) is 3.28. The summed E-state index contributed by atoms with van der Waals surface area (Å²) >= 11 is 0. The summed E-state index contributed by atoms with van der Waals surface area (Å²) in [5, 5.41) is 2.93. The minimum atomic E-state index is -0.300. The molecule has 0 bridgehead atoms. The molecule has 142 valence electrons. The maximum absolute atomic E-state index is 13.6. The van der Waals surface area contributed by atoms with E-state index in [1.165, 1.54) is 12.1 Å². The van der Waals surface area contributed by atoms with Crippen LogP contribution >= 0.6 is 0 Å². The molecule has 3 aromatic heterocycles. The third-order valence-corrected chi connectivity index (χ3v) is 4.57. The molecule has 5 nitrogen and oxygen atoms in total. The molecule has 0 aliphatic carbocycles. The van der Waals surface area contributed by atoms with Gasteiger partial charge in [0.25, 0.3) is 5.91 Å². The van der Waals surface area contributed by atoms with Crippen molar-refractivity contribution in [1.82, 2.24) is 14.9 Å². The zero-order chi connectivity index (χ0) is 19.5. The Morgan fingerprint density at radius 1 is 1.18 bits per heavy atom. The summed E-state index contributed by atoms with van der Waals surface area (Å²) in [6.45, 7) is 2.71. The van der Waals surface area contributed by atoms with Gasteiger partial charge in [-0.05, 0) is 36.8 Å². The molecule has 28 heavy (non-hydrogen) atoms. The topological polar surface area (TPSA) is 60.1 Å². The Morgan fingerprint density at radius 2 is 2.07 bits per heavy atom. The highest BCUT2D eigenvalue weighted by Gasteiger charge is 2.18. The summed E-state index contributed by atoms with van der Waals surface area (Å²) in [7, 11) is 0. The van der Waals surface area contributed by atoms with E-state index in [9.17, 15) is 9.18 Å². The lowest BCUT2D eigenvalue weighted by Crippen LogP contribution is -2.28. The SMILES string of the molecule is Cc1cc2c(cc(C(=O)NCCc3ccccn3)n2Cc2cccc(F)c2)o1. The smallest absolute Gasteiger partial charge is 0.268 e. The van der Waals surface area contributed by atoms with Crippen LogP contribution in [-0.2, 0) is 13.0 Å². The van der Waals surface area contributed by atoms with Crippen molar-refractivity contribution in [3.63, 3.8) is 0 Å². The number of carbonyl (C=O) groups is 1. The number of rotatable bonds is 6. The number of hydrogen-bond acceptors (Lipinski definition) is 3. The second-order valence-corrected chi connectivity index (χ2v) is 6.68. The predicted octanol–water partition coefficient (Wildman–Crippen LogP) is 4.10. The van der Waals surface area contributed by atoms with Crippen molar-refractivity contribution in [1.29, 1.82) is 0 Å². The molecule has 0 unspecified atom stereocenters. The van der Waals surface area contributed by atoms with Crippen molar-refractivity contribution >= 4 is 17.0 Å². The Hall–Kier alpha value is -3.41. The van der Waals surface area contributed by atoms with Gasteiger partial charge in [-0.15, -0.1) is 0 Å². The molecule has 6 heteroatoms. The third kappa shape index (κ3) is 3.81. The van der Waals surface area contributed by atoms with Crippen molar-refractivity contribution in [2.75, 3.05) is 6.54 Å². The minimum absolute atomic E-state index is 0.198. The van der Waals surface area contributed by atoms with E-state index >= 15 is 0 Å². The van der Waals surface area contributed by atoms with E-state index in [2.05, 4.69) is 10.3 Å². The number of benzene rings is 1. The summed E-state index contributed by atoms with van der Waals surface area (Å²) < 4.78 is 21.1. The quantitative estimate of drug-likeness (QED) is 0.550. The van der Waals surface area contributed by atoms with Crippen molar-refractivity contribution in [3.05, 3.63) is 89.3 Å². The number of aryl methyl sites for hydroxylation is 1. The number of pyridine rings is 1. The molecule has 0 radical (unpaired) electrons. The molecule has 0 fully saturated rings. The lowest BCUT2D eigenvalue weighted by atomic mass is 10.2. The van der Waals surface area contributed by atoms with Crippen LogP contribution in [-0.4, -0.2) is 22.0 Å². The number of halogens is 1. The van der Waals surface area contributed by atoms with E-state index in [-0.39, 0.29) is 11.7 Å². The van der Waals surface area contributed by atoms with Crippen LogP contribution in [0.2, 0.25) is 0 Å². The highest BCUT2D eigenvalue weighted by Crippen LogP contribution is 2.25. The molecule has 1 amide bonds. The Bertz CT molecular complexity index is 1120. The Morgan fingerprint density at radius 3 is 2.86 bits per heavy atom. The van der Waals surface area contributed by atoms with Crippen LogP contribution in [0.15, 0.2) is 65.2 Å². The average molecular weight is 377 g/mol. The fraction of sp³-hybridized carbons (Fsp3) is 0.182. The van der Waals surface area contributed by atoms with Gasteiger partial charge < -0.3 is 14.3 Å². The Labute approximate surface area is 161 Å². The number of fused-ring (bicyclic) bond motifs is 1. The first-order valence-electron chi connectivity index (χ1n) is 9.12. The van der Waals surface area contributed by atoms with E-state index in [4.69, 9.17) is 4.42 Å². The monoisotopic (exact) mass is 377 g/mol. The van der Waals surface area contributed by atoms with Crippen molar-refractivity contribution in [2.45, 2.75) is 19.9 Å². The Kier molecular flexibility index (Phi) is 4.93. The molecule has 0 atom stereocenters. The third-order valence-electron chi connectivity index (χ3n) is 4.57. The first-order chi connectivity index (χ1) is 13.6. The number of nitrogens with zero attached hydrogens (tertiary/aromatic N) is 2. The lowest BCUT2D eigenvalue weighted by Gasteiger charge is -2.11. The number of nitrogens with one attached hydrogen (secondary N) is 1. The number of hydrogen-bond donors (Lipinski definition) is 1. The van der Waals surface area contributed by atoms with Gasteiger partial charge in [-0.1, -0.05) is 18.2 Å². The number of carbonyl (C=O) groups excluding carboxylic acids is 1. The first kappa shape index (κ1) is 18.0. The first-order valence-corrected chi connectivity index (χ1v) is 9.12. The van der Waals surface area contributed by atoms with Crippen molar-refractivity contribution in [3.8, 4) is 0 Å². The molecular weight excluding hydrogens is 357 g/mol. The number of aromatic nitrogens is 2. The molecule has 4 aromatic rings. The van der Waals surface area contributed by atoms with Crippen molar-refractivity contribution in [2.24, 2.45) is 0 Å². The maximum Gasteiger partial charge on any atom is 0.268 e. The molecule has 0 aliphatic heterocycles. The summed E-state index contributed by atoms with van der Waals surface area (Å²) in [4.78, 5) is 17.1. The normalized spacial score (nSPS) is 11.1. The highest BCUT2D eigenvalue weighted by atomic mass is 19.1. The molecular formula is C22H20FN3O2. The molecule has 4 rings (SSSR count). The van der Waals surface area contributed by atoms with Gasteiger partial charge in [-0.2, -0.15) is 0 Å². The van der Waals surface area contributed by atoms with E-state index in [0.717, 1.165) is 22.5 Å². The molecule has 1 N–H and O–H groups in total. The van der Waals surface area contributed by atoms with Crippen LogP contribution in [0.25, 0.3) is 11.1 Å². The molecule has 3 heterocycles. The van der Waals surface area contributed by atoms with Crippen LogP contribution in [0.5, 0.6) is 0 Å². The second kappa shape index (κ2) is 7.68. The van der Waals surface area contributed by atoms with E-state index < -0.39 is 0 Å². The van der Waals surface area contributed by atoms with E-state index in [0.29, 0.717) is 30.8 Å². The molecule has 0 spiro atoms. The number of amides is 1. The van der Waals surface area contributed by atoms with Gasteiger partial charge in [-0.3, -0.25) is 9.78 Å². The summed E-state index contributed by atoms with van der Waals surface area (Å²) in [5.74, 6) is 0.266. The van der Waals surface area contributed by atoms with Gasteiger partial charge in [0.2, 0.25) is 0 Å². The molecule has 0 saturated heterocycles. The zero-order valence-electron chi connectivity index (χ0n) is 15.5. The summed E-state index contributed by atoms with van der Waals surface area (Å²) in [5.41, 5.74) is 3.64. The van der Waals surface area contributed by atoms with Gasteiger partial charge in [0.1, 0.15) is 17.3 Å². The molecule has 1 aromatic carbocycles. The van der Waals surface area contributed by atoms with E-state index in [1.54, 1.807) is 18.3 Å². The number of furan rings is 1. The summed E-state index contributed by atoms with van der Waals surface area (Å²) in [6, 6.07) is 15.7. The summed E-state index contributed by atoms with van der Waals surface area (Å²) in [6.07, 6.45) is 2.38. The van der Waals surface area contributed by atoms with Crippen LogP contribution in [0.3, 0.4) is 0 Å².